The molecule has 1 aromatic heterocycles. The van der Waals surface area contributed by atoms with Crippen molar-refractivity contribution < 1.29 is 9.59 Å². The van der Waals surface area contributed by atoms with Crippen LogP contribution in [0.2, 0.25) is 0 Å². The van der Waals surface area contributed by atoms with Crippen molar-refractivity contribution in [3.05, 3.63) is 54.4 Å². The fourth-order valence-corrected chi connectivity index (χ4v) is 2.60. The molecule has 0 atom stereocenters. The average Bonchev–Trinajstić information content (AvgIpc) is 3.09. The number of nitrogens with zero attached hydrogens (tertiary/aromatic N) is 3. The Kier molecular flexibility index (Phi) is 5.58. The van der Waals surface area contributed by atoms with E-state index in [0.717, 1.165) is 24.4 Å². The van der Waals surface area contributed by atoms with E-state index in [-0.39, 0.29) is 24.8 Å². The van der Waals surface area contributed by atoms with Gasteiger partial charge >= 0.3 is 0 Å². The lowest BCUT2D eigenvalue weighted by Crippen LogP contribution is -2.27. The molecular formula is C19H21N5O2. The summed E-state index contributed by atoms with van der Waals surface area (Å²) in [5.41, 5.74) is 3.27. The number of benzene rings is 1. The van der Waals surface area contributed by atoms with E-state index in [4.69, 9.17) is 0 Å². The number of anilines is 2. The largest absolute Gasteiger partial charge is 0.352 e. The number of hydrazone groups is 1. The van der Waals surface area contributed by atoms with Crippen LogP contribution in [0.1, 0.15) is 30.1 Å². The van der Waals surface area contributed by atoms with Gasteiger partial charge in [0.25, 0.3) is 5.91 Å². The second-order valence-corrected chi connectivity index (χ2v) is 6.05. The number of amides is 2. The second kappa shape index (κ2) is 8.24. The van der Waals surface area contributed by atoms with Crippen molar-refractivity contribution >= 4 is 28.9 Å². The van der Waals surface area contributed by atoms with Crippen LogP contribution in [0.4, 0.5) is 11.4 Å². The third kappa shape index (κ3) is 4.66. The minimum Gasteiger partial charge on any atom is -0.352 e. The van der Waals surface area contributed by atoms with Gasteiger partial charge in [-0.1, -0.05) is 0 Å². The molecule has 0 saturated heterocycles. The van der Waals surface area contributed by atoms with E-state index in [1.54, 1.807) is 36.7 Å². The summed E-state index contributed by atoms with van der Waals surface area (Å²) in [5.74, 6) is -0.372. The zero-order valence-corrected chi connectivity index (χ0v) is 14.6. The summed E-state index contributed by atoms with van der Waals surface area (Å²) in [6.07, 6.45) is 4.37. The number of rotatable bonds is 6. The van der Waals surface area contributed by atoms with Gasteiger partial charge in [-0.15, -0.1) is 0 Å². The molecule has 0 aliphatic carbocycles. The molecule has 2 N–H and O–H groups in total. The molecule has 0 fully saturated rings. The Morgan fingerprint density at radius 1 is 1.19 bits per heavy atom. The molecule has 7 nitrogen and oxygen atoms in total. The van der Waals surface area contributed by atoms with Crippen LogP contribution in [0, 0.1) is 0 Å². The highest BCUT2D eigenvalue weighted by atomic mass is 16.2. The smallest absolute Gasteiger partial charge is 0.251 e. The molecule has 0 radical (unpaired) electrons. The molecule has 0 saturated carbocycles. The van der Waals surface area contributed by atoms with E-state index < -0.39 is 0 Å². The fraction of sp³-hybridized carbons (Fsp3) is 0.263. The first-order chi connectivity index (χ1) is 12.6. The fourth-order valence-electron chi connectivity index (χ4n) is 2.60. The first kappa shape index (κ1) is 17.6. The third-order valence-corrected chi connectivity index (χ3v) is 3.99. The van der Waals surface area contributed by atoms with Gasteiger partial charge in [0.15, 0.2) is 0 Å². The quantitative estimate of drug-likeness (QED) is 0.837. The predicted molar refractivity (Wildman–Crippen MR) is 101 cm³/mol. The van der Waals surface area contributed by atoms with Gasteiger partial charge in [-0.2, -0.15) is 5.10 Å². The van der Waals surface area contributed by atoms with Crippen molar-refractivity contribution in [1.82, 2.24) is 10.3 Å². The molecule has 134 valence electrons. The van der Waals surface area contributed by atoms with Crippen LogP contribution in [0.25, 0.3) is 0 Å². The van der Waals surface area contributed by atoms with E-state index >= 15 is 0 Å². The molecule has 2 amide bonds. The Morgan fingerprint density at radius 2 is 2.00 bits per heavy atom. The summed E-state index contributed by atoms with van der Waals surface area (Å²) in [6.45, 7) is 3.14. The van der Waals surface area contributed by atoms with E-state index in [1.165, 1.54) is 0 Å². The van der Waals surface area contributed by atoms with Gasteiger partial charge in [-0.25, -0.2) is 0 Å². The van der Waals surface area contributed by atoms with E-state index in [0.29, 0.717) is 11.3 Å². The van der Waals surface area contributed by atoms with Crippen LogP contribution in [0.15, 0.2) is 53.9 Å². The van der Waals surface area contributed by atoms with Crippen molar-refractivity contribution in [3.8, 4) is 0 Å². The molecule has 1 aromatic carbocycles. The highest BCUT2D eigenvalue weighted by molar-refractivity contribution is 5.95. The Morgan fingerprint density at radius 3 is 2.65 bits per heavy atom. The van der Waals surface area contributed by atoms with Gasteiger partial charge in [0.05, 0.1) is 17.6 Å². The first-order valence-electron chi connectivity index (χ1n) is 8.51. The van der Waals surface area contributed by atoms with Crippen LogP contribution >= 0.6 is 0 Å². The van der Waals surface area contributed by atoms with Gasteiger partial charge in [0.2, 0.25) is 5.91 Å². The molecule has 3 rings (SSSR count). The van der Waals surface area contributed by atoms with Crippen molar-refractivity contribution in [2.24, 2.45) is 5.10 Å². The zero-order valence-electron chi connectivity index (χ0n) is 14.6. The van der Waals surface area contributed by atoms with E-state index in [2.05, 4.69) is 20.7 Å². The Hall–Kier alpha value is -3.22. The van der Waals surface area contributed by atoms with Gasteiger partial charge in [-0.05, 0) is 43.3 Å². The van der Waals surface area contributed by atoms with Gasteiger partial charge in [0, 0.05) is 43.4 Å². The summed E-state index contributed by atoms with van der Waals surface area (Å²) in [7, 11) is 0. The van der Waals surface area contributed by atoms with Crippen molar-refractivity contribution in [3.63, 3.8) is 0 Å². The van der Waals surface area contributed by atoms with Gasteiger partial charge in [-0.3, -0.25) is 19.6 Å². The first-order valence-corrected chi connectivity index (χ1v) is 8.51. The molecule has 2 heterocycles. The van der Waals surface area contributed by atoms with Crippen LogP contribution in [0.5, 0.6) is 0 Å². The standard InChI is InChI=1S/C19H21N5O2/c1-14-9-12-24(23-14)17-6-4-15(5-7-17)19(26)21-11-8-18(25)22-16-3-2-10-20-13-16/h2-7,10,13H,8-9,11-12H2,1H3,(H,21,26)(H,22,25). The lowest BCUT2D eigenvalue weighted by Gasteiger charge is -2.14. The number of hydrogen-bond donors (Lipinski definition) is 2. The normalized spacial score (nSPS) is 13.3. The van der Waals surface area contributed by atoms with Crippen molar-refractivity contribution in [2.45, 2.75) is 19.8 Å². The Labute approximate surface area is 152 Å². The zero-order chi connectivity index (χ0) is 18.4. The Bertz CT molecular complexity index is 802. The number of carbonyl (C=O) groups excluding carboxylic acids is 2. The number of nitrogens with one attached hydrogen (secondary N) is 2. The summed E-state index contributed by atoms with van der Waals surface area (Å²) in [4.78, 5) is 27.9. The highest BCUT2D eigenvalue weighted by Crippen LogP contribution is 2.19. The number of carbonyl (C=O) groups is 2. The number of hydrogen-bond acceptors (Lipinski definition) is 5. The molecule has 0 bridgehead atoms. The predicted octanol–water partition coefficient (Wildman–Crippen LogP) is 2.43. The Balaban J connectivity index is 1.45. The summed E-state index contributed by atoms with van der Waals surface area (Å²) >= 11 is 0. The van der Waals surface area contributed by atoms with E-state index in [9.17, 15) is 9.59 Å². The monoisotopic (exact) mass is 351 g/mol. The molecule has 2 aromatic rings. The van der Waals surface area contributed by atoms with Crippen LogP contribution < -0.4 is 15.6 Å². The topological polar surface area (TPSA) is 86.7 Å². The minimum absolute atomic E-state index is 0.170. The number of aromatic nitrogens is 1. The van der Waals surface area contributed by atoms with E-state index in [1.807, 2.05) is 24.1 Å². The van der Waals surface area contributed by atoms with Crippen LogP contribution in [-0.4, -0.2) is 35.6 Å². The maximum atomic E-state index is 12.2. The highest BCUT2D eigenvalue weighted by Gasteiger charge is 2.13. The SMILES string of the molecule is CC1=NN(c2ccc(C(=O)NCCC(=O)Nc3cccnc3)cc2)CC1. The molecule has 7 heteroatoms. The van der Waals surface area contributed by atoms with Crippen molar-refractivity contribution in [1.29, 1.82) is 0 Å². The molecular weight excluding hydrogens is 330 g/mol. The average molecular weight is 351 g/mol. The summed E-state index contributed by atoms with van der Waals surface area (Å²) in [5, 5.41) is 11.8. The summed E-state index contributed by atoms with van der Waals surface area (Å²) in [6, 6.07) is 10.8. The molecule has 26 heavy (non-hydrogen) atoms. The van der Waals surface area contributed by atoms with Gasteiger partial charge in [0.1, 0.15) is 0 Å². The summed E-state index contributed by atoms with van der Waals surface area (Å²) < 4.78 is 0. The van der Waals surface area contributed by atoms with Crippen LogP contribution in [-0.2, 0) is 4.79 Å². The molecule has 1 aliphatic rings. The second-order valence-electron chi connectivity index (χ2n) is 6.05. The van der Waals surface area contributed by atoms with Crippen LogP contribution in [0.3, 0.4) is 0 Å². The lowest BCUT2D eigenvalue weighted by molar-refractivity contribution is -0.116. The molecule has 1 aliphatic heterocycles. The maximum absolute atomic E-state index is 12.2. The maximum Gasteiger partial charge on any atom is 0.251 e. The third-order valence-electron chi connectivity index (χ3n) is 3.99. The molecule has 0 unspecified atom stereocenters. The van der Waals surface area contributed by atoms with Crippen molar-refractivity contribution in [2.75, 3.05) is 23.4 Å². The molecule has 0 spiro atoms. The lowest BCUT2D eigenvalue weighted by atomic mass is 10.2. The van der Waals surface area contributed by atoms with Gasteiger partial charge < -0.3 is 10.6 Å². The number of pyridine rings is 1. The minimum atomic E-state index is -0.202.